The number of rotatable bonds is 17. The summed E-state index contributed by atoms with van der Waals surface area (Å²) in [4.78, 5) is 0. The van der Waals surface area contributed by atoms with Crippen LogP contribution in [0.2, 0.25) is 0 Å². The molecule has 0 aliphatic carbocycles. The second-order valence-electron chi connectivity index (χ2n) is 10.2. The quantitative estimate of drug-likeness (QED) is 0.171. The predicted octanol–water partition coefficient (Wildman–Crippen LogP) is 9.35. The lowest BCUT2D eigenvalue weighted by molar-refractivity contribution is 0.233. The SMILES string of the molecule is CCCCCCCCOc1cc(C)c(-c2nnc(-c3ccc(OCC(CC)CCCC)cc3)o2)cc1C. The number of nitrogens with zero attached hydrogens (tertiary/aromatic N) is 2. The third-order valence-electron chi connectivity index (χ3n) is 7.06. The van der Waals surface area contributed by atoms with E-state index in [9.17, 15) is 0 Å². The maximum atomic E-state index is 6.08. The van der Waals surface area contributed by atoms with E-state index in [2.05, 4.69) is 56.9 Å². The van der Waals surface area contributed by atoms with Crippen molar-refractivity contribution < 1.29 is 13.9 Å². The Morgan fingerprint density at radius 1 is 0.757 bits per heavy atom. The van der Waals surface area contributed by atoms with Crippen LogP contribution in [0.15, 0.2) is 40.8 Å². The molecular formula is C32H46N2O3. The molecule has 3 rings (SSSR count). The van der Waals surface area contributed by atoms with Crippen molar-refractivity contribution in [3.63, 3.8) is 0 Å². The fraction of sp³-hybridized carbons (Fsp3) is 0.562. The van der Waals surface area contributed by atoms with Crippen LogP contribution in [-0.4, -0.2) is 23.4 Å². The van der Waals surface area contributed by atoms with E-state index in [-0.39, 0.29) is 0 Å². The van der Waals surface area contributed by atoms with E-state index >= 15 is 0 Å². The van der Waals surface area contributed by atoms with Crippen molar-refractivity contribution in [2.45, 2.75) is 98.8 Å². The Kier molecular flexibility index (Phi) is 12.0. The first-order valence-electron chi connectivity index (χ1n) is 14.4. The van der Waals surface area contributed by atoms with Crippen LogP contribution in [-0.2, 0) is 0 Å². The van der Waals surface area contributed by atoms with Gasteiger partial charge < -0.3 is 13.9 Å². The molecule has 0 amide bonds. The molecule has 1 heterocycles. The zero-order chi connectivity index (χ0) is 26.5. The Balaban J connectivity index is 1.57. The van der Waals surface area contributed by atoms with Gasteiger partial charge in [-0.1, -0.05) is 72.1 Å². The molecule has 0 bridgehead atoms. The molecule has 202 valence electrons. The number of aryl methyl sites for hydroxylation is 2. The van der Waals surface area contributed by atoms with Gasteiger partial charge in [0, 0.05) is 11.1 Å². The van der Waals surface area contributed by atoms with Gasteiger partial charge in [-0.05, 0) is 80.1 Å². The van der Waals surface area contributed by atoms with Gasteiger partial charge in [0.15, 0.2) is 0 Å². The summed E-state index contributed by atoms with van der Waals surface area (Å²) in [5.74, 6) is 3.46. The molecule has 37 heavy (non-hydrogen) atoms. The second kappa shape index (κ2) is 15.4. The molecule has 0 saturated carbocycles. The highest BCUT2D eigenvalue weighted by atomic mass is 16.5. The molecule has 5 nitrogen and oxygen atoms in total. The fourth-order valence-electron chi connectivity index (χ4n) is 4.49. The van der Waals surface area contributed by atoms with Crippen molar-refractivity contribution in [3.8, 4) is 34.4 Å². The van der Waals surface area contributed by atoms with Crippen LogP contribution in [0.5, 0.6) is 11.5 Å². The average Bonchev–Trinajstić information content (AvgIpc) is 3.40. The molecule has 5 heteroatoms. The van der Waals surface area contributed by atoms with Gasteiger partial charge in [0.05, 0.1) is 13.2 Å². The Morgan fingerprint density at radius 3 is 2.19 bits per heavy atom. The summed E-state index contributed by atoms with van der Waals surface area (Å²) in [7, 11) is 0. The average molecular weight is 507 g/mol. The van der Waals surface area contributed by atoms with Crippen molar-refractivity contribution in [2.75, 3.05) is 13.2 Å². The molecule has 1 unspecified atom stereocenters. The van der Waals surface area contributed by atoms with Crippen LogP contribution in [0.25, 0.3) is 22.9 Å². The van der Waals surface area contributed by atoms with Gasteiger partial charge in [-0.2, -0.15) is 0 Å². The topological polar surface area (TPSA) is 57.4 Å². The number of benzene rings is 2. The third kappa shape index (κ3) is 8.91. The minimum absolute atomic E-state index is 0.511. The summed E-state index contributed by atoms with van der Waals surface area (Å²) in [6, 6.07) is 12.1. The molecule has 0 aliphatic rings. The minimum atomic E-state index is 0.511. The smallest absolute Gasteiger partial charge is 0.248 e. The molecule has 3 aromatic rings. The fourth-order valence-corrected chi connectivity index (χ4v) is 4.49. The van der Waals surface area contributed by atoms with E-state index < -0.39 is 0 Å². The summed E-state index contributed by atoms with van der Waals surface area (Å²) in [6.45, 7) is 12.4. The van der Waals surface area contributed by atoms with E-state index in [1.165, 1.54) is 51.4 Å². The first kappa shape index (κ1) is 28.7. The van der Waals surface area contributed by atoms with Gasteiger partial charge in [-0.3, -0.25) is 0 Å². The Hall–Kier alpha value is -2.82. The van der Waals surface area contributed by atoms with E-state index in [0.29, 0.717) is 17.7 Å². The highest BCUT2D eigenvalue weighted by Crippen LogP contribution is 2.32. The largest absolute Gasteiger partial charge is 0.493 e. The number of hydrogen-bond acceptors (Lipinski definition) is 5. The molecule has 0 radical (unpaired) electrons. The van der Waals surface area contributed by atoms with Crippen LogP contribution in [0.1, 0.15) is 96.1 Å². The van der Waals surface area contributed by atoms with Crippen LogP contribution in [0, 0.1) is 19.8 Å². The number of aromatic nitrogens is 2. The Morgan fingerprint density at radius 2 is 1.46 bits per heavy atom. The van der Waals surface area contributed by atoms with Crippen LogP contribution < -0.4 is 9.47 Å². The van der Waals surface area contributed by atoms with Crippen molar-refractivity contribution in [3.05, 3.63) is 47.5 Å². The summed E-state index contributed by atoms with van der Waals surface area (Å²) >= 11 is 0. The summed E-state index contributed by atoms with van der Waals surface area (Å²) < 4.78 is 18.2. The normalized spacial score (nSPS) is 12.0. The van der Waals surface area contributed by atoms with Crippen LogP contribution in [0.4, 0.5) is 0 Å². The van der Waals surface area contributed by atoms with E-state index in [1.807, 2.05) is 24.3 Å². The van der Waals surface area contributed by atoms with Crippen LogP contribution >= 0.6 is 0 Å². The van der Waals surface area contributed by atoms with Crippen molar-refractivity contribution in [1.29, 1.82) is 0 Å². The minimum Gasteiger partial charge on any atom is -0.493 e. The lowest BCUT2D eigenvalue weighted by Gasteiger charge is -2.15. The summed E-state index contributed by atoms with van der Waals surface area (Å²) in [5, 5.41) is 8.65. The third-order valence-corrected chi connectivity index (χ3v) is 7.06. The first-order chi connectivity index (χ1) is 18.0. The molecule has 0 aliphatic heterocycles. The molecule has 0 N–H and O–H groups in total. The van der Waals surface area contributed by atoms with Gasteiger partial charge in [0.1, 0.15) is 11.5 Å². The summed E-state index contributed by atoms with van der Waals surface area (Å²) in [5.41, 5.74) is 3.98. The van der Waals surface area contributed by atoms with Gasteiger partial charge >= 0.3 is 0 Å². The number of hydrogen-bond donors (Lipinski definition) is 0. The predicted molar refractivity (Wildman–Crippen MR) is 152 cm³/mol. The van der Waals surface area contributed by atoms with Crippen molar-refractivity contribution in [2.24, 2.45) is 5.92 Å². The Labute approximate surface area is 224 Å². The van der Waals surface area contributed by atoms with Gasteiger partial charge in [0.2, 0.25) is 11.8 Å². The maximum absolute atomic E-state index is 6.08. The zero-order valence-electron chi connectivity index (χ0n) is 23.6. The standard InChI is InChI=1S/C32H46N2O3/c1-6-9-11-12-13-14-20-35-30-22-24(4)29(21-25(30)5)32-34-33-31(37-32)27-16-18-28(19-17-27)36-23-26(8-3)15-10-7-2/h16-19,21-22,26H,6-15,20,23H2,1-5H3. The van der Waals surface area contributed by atoms with Gasteiger partial charge in [-0.25, -0.2) is 0 Å². The van der Waals surface area contributed by atoms with E-state index in [4.69, 9.17) is 13.9 Å². The van der Waals surface area contributed by atoms with E-state index in [1.54, 1.807) is 0 Å². The highest BCUT2D eigenvalue weighted by Gasteiger charge is 2.15. The highest BCUT2D eigenvalue weighted by molar-refractivity contribution is 5.64. The number of unbranched alkanes of at least 4 members (excludes halogenated alkanes) is 6. The maximum Gasteiger partial charge on any atom is 0.248 e. The molecule has 2 aromatic carbocycles. The molecule has 0 fully saturated rings. The summed E-state index contributed by atoms with van der Waals surface area (Å²) in [6.07, 6.45) is 12.4. The van der Waals surface area contributed by atoms with Crippen LogP contribution in [0.3, 0.4) is 0 Å². The van der Waals surface area contributed by atoms with Gasteiger partial charge in [0.25, 0.3) is 0 Å². The molecule has 1 aromatic heterocycles. The van der Waals surface area contributed by atoms with Gasteiger partial charge in [-0.15, -0.1) is 10.2 Å². The van der Waals surface area contributed by atoms with Crippen molar-refractivity contribution in [1.82, 2.24) is 10.2 Å². The lowest BCUT2D eigenvalue weighted by atomic mass is 10.0. The van der Waals surface area contributed by atoms with Crippen molar-refractivity contribution >= 4 is 0 Å². The zero-order valence-corrected chi connectivity index (χ0v) is 23.6. The molecule has 0 spiro atoms. The number of ether oxygens (including phenoxy) is 2. The molecule has 0 saturated heterocycles. The second-order valence-corrected chi connectivity index (χ2v) is 10.2. The monoisotopic (exact) mass is 506 g/mol. The Bertz CT molecular complexity index is 1060. The first-order valence-corrected chi connectivity index (χ1v) is 14.4. The van der Waals surface area contributed by atoms with E-state index in [0.717, 1.165) is 59.8 Å². The lowest BCUT2D eigenvalue weighted by Crippen LogP contribution is -2.11. The molecule has 1 atom stereocenters. The molecular weight excluding hydrogens is 460 g/mol.